The highest BCUT2D eigenvalue weighted by atomic mass is 32.2. The van der Waals surface area contributed by atoms with Crippen molar-refractivity contribution in [2.45, 2.75) is 39.5 Å². The molecule has 8 heteroatoms. The van der Waals surface area contributed by atoms with Crippen LogP contribution in [0, 0.1) is 0 Å². The summed E-state index contributed by atoms with van der Waals surface area (Å²) in [5.74, 6) is 0.0312. The molecule has 0 saturated carbocycles. The van der Waals surface area contributed by atoms with E-state index in [-0.39, 0.29) is 11.5 Å². The normalized spacial score (nSPS) is 11.8. The first-order valence-corrected chi connectivity index (χ1v) is 8.60. The lowest BCUT2D eigenvalue weighted by Crippen LogP contribution is -2.06. The lowest BCUT2D eigenvalue weighted by atomic mass is 10.4. The van der Waals surface area contributed by atoms with Crippen LogP contribution in [0.1, 0.15) is 39.5 Å². The van der Waals surface area contributed by atoms with Gasteiger partial charge in [-0.1, -0.05) is 26.7 Å². The molecule has 0 saturated heterocycles. The van der Waals surface area contributed by atoms with Crippen molar-refractivity contribution in [1.29, 1.82) is 0 Å². The fourth-order valence-corrected chi connectivity index (χ4v) is 2.19. The molecule has 0 unspecified atom stereocenters. The van der Waals surface area contributed by atoms with Crippen LogP contribution in [0.25, 0.3) is 0 Å². The predicted molar refractivity (Wildman–Crippen MR) is 67.0 cm³/mol. The zero-order valence-corrected chi connectivity index (χ0v) is 12.2. The van der Waals surface area contributed by atoms with Crippen molar-refractivity contribution >= 4 is 20.2 Å². The average molecular weight is 290 g/mol. The quantitative estimate of drug-likeness (QED) is 0.562. The van der Waals surface area contributed by atoms with Gasteiger partial charge in [-0.2, -0.15) is 16.8 Å². The van der Waals surface area contributed by atoms with Gasteiger partial charge in [-0.15, -0.1) is 0 Å². The number of rotatable bonds is 7. The molecule has 106 valence electrons. The van der Waals surface area contributed by atoms with Crippen molar-refractivity contribution < 1.29 is 25.6 Å². The zero-order valence-electron chi connectivity index (χ0n) is 10.5. The van der Waals surface area contributed by atoms with E-state index in [9.17, 15) is 16.8 Å². The van der Waals surface area contributed by atoms with Crippen molar-refractivity contribution in [3.8, 4) is 0 Å². The molecule has 0 amide bonds. The molecule has 0 aromatic carbocycles. The molecule has 17 heavy (non-hydrogen) atoms. The summed E-state index contributed by atoms with van der Waals surface area (Å²) in [5.41, 5.74) is 0. The highest BCUT2D eigenvalue weighted by molar-refractivity contribution is 7.86. The second-order valence-corrected chi connectivity index (χ2v) is 6.85. The van der Waals surface area contributed by atoms with Gasteiger partial charge >= 0.3 is 0 Å². The third-order valence-electron chi connectivity index (χ3n) is 1.76. The van der Waals surface area contributed by atoms with E-state index in [1.165, 1.54) is 7.11 Å². The van der Waals surface area contributed by atoms with Gasteiger partial charge < -0.3 is 0 Å². The maximum absolute atomic E-state index is 10.5. The van der Waals surface area contributed by atoms with E-state index >= 15 is 0 Å². The van der Waals surface area contributed by atoms with Crippen molar-refractivity contribution in [3.63, 3.8) is 0 Å². The Morgan fingerprint density at radius 1 is 0.941 bits per heavy atom. The summed E-state index contributed by atoms with van der Waals surface area (Å²) in [5, 5.41) is 0. The summed E-state index contributed by atoms with van der Waals surface area (Å²) < 4.78 is 53.3. The van der Waals surface area contributed by atoms with Gasteiger partial charge in [0.1, 0.15) is 0 Å². The fourth-order valence-electron chi connectivity index (χ4n) is 0.731. The molecule has 0 radical (unpaired) electrons. The van der Waals surface area contributed by atoms with Crippen molar-refractivity contribution in [2.24, 2.45) is 0 Å². The third-order valence-corrected chi connectivity index (χ3v) is 3.86. The topological polar surface area (TPSA) is 97.7 Å². The van der Waals surface area contributed by atoms with Crippen molar-refractivity contribution in [3.05, 3.63) is 0 Å². The Labute approximate surface area is 104 Å². The summed E-state index contributed by atoms with van der Waals surface area (Å²) in [6.45, 7) is 3.80. The van der Waals surface area contributed by atoms with Gasteiger partial charge in [0.25, 0.3) is 20.2 Å². The highest BCUT2D eigenvalue weighted by Crippen LogP contribution is 1.95. The summed E-state index contributed by atoms with van der Waals surface area (Å²) in [6, 6.07) is 0. The predicted octanol–water partition coefficient (Wildman–Crippen LogP) is 1.44. The highest BCUT2D eigenvalue weighted by Gasteiger charge is 2.05. The van der Waals surface area contributed by atoms with Gasteiger partial charge in [-0.25, -0.2) is 0 Å². The molecule has 0 rings (SSSR count). The zero-order chi connectivity index (χ0) is 13.9. The van der Waals surface area contributed by atoms with E-state index in [2.05, 4.69) is 4.18 Å². The minimum Gasteiger partial charge on any atom is -0.286 e. The van der Waals surface area contributed by atoms with Crippen LogP contribution < -0.4 is 0 Å². The molecule has 0 heterocycles. The minimum absolute atomic E-state index is 0.108. The third kappa shape index (κ3) is 18.4. The maximum Gasteiger partial charge on any atom is 0.267 e. The Kier molecular flexibility index (Phi) is 11.1. The van der Waals surface area contributed by atoms with Crippen LogP contribution in [0.15, 0.2) is 0 Å². The van der Waals surface area contributed by atoms with E-state index in [4.69, 9.17) is 4.55 Å². The first-order valence-electron chi connectivity index (χ1n) is 5.42. The first kappa shape index (κ1) is 19.2. The Hall–Kier alpha value is -0.180. The van der Waals surface area contributed by atoms with E-state index in [0.29, 0.717) is 12.8 Å². The molecule has 0 aliphatic heterocycles. The molecule has 0 aliphatic rings. The lowest BCUT2D eigenvalue weighted by Gasteiger charge is -1.96. The fraction of sp³-hybridized carbons (Fsp3) is 1.00. The van der Waals surface area contributed by atoms with Crippen molar-refractivity contribution in [2.75, 3.05) is 18.6 Å². The number of unbranched alkanes of at least 4 members (excludes halogenated alkanes) is 2. The second kappa shape index (κ2) is 9.81. The van der Waals surface area contributed by atoms with Gasteiger partial charge in [0.15, 0.2) is 0 Å². The lowest BCUT2D eigenvalue weighted by molar-refractivity contribution is 0.396. The molecule has 0 bridgehead atoms. The molecule has 0 atom stereocenters. The molecule has 0 spiro atoms. The Morgan fingerprint density at radius 2 is 1.35 bits per heavy atom. The molecular formula is C9H22O6S2. The average Bonchev–Trinajstić information content (AvgIpc) is 2.23. The van der Waals surface area contributed by atoms with Gasteiger partial charge in [0.05, 0.1) is 18.6 Å². The minimum atomic E-state index is -3.69. The van der Waals surface area contributed by atoms with Crippen LogP contribution in [-0.4, -0.2) is 40.0 Å². The van der Waals surface area contributed by atoms with Crippen LogP contribution >= 0.6 is 0 Å². The standard InChI is InChI=1S/C5H12O3S.C4H10O3S/c1-3-4-5-9(6,7)8-2;1-2-3-4-8(5,6)7/h3-5H2,1-2H3;2-4H2,1H3,(H,5,6,7). The van der Waals surface area contributed by atoms with E-state index in [1.807, 2.05) is 13.8 Å². The van der Waals surface area contributed by atoms with Crippen LogP contribution in [0.2, 0.25) is 0 Å². The summed E-state index contributed by atoms with van der Waals surface area (Å²) in [6.07, 6.45) is 2.89. The Balaban J connectivity index is 0. The van der Waals surface area contributed by atoms with Gasteiger partial charge in [0.2, 0.25) is 0 Å². The van der Waals surface area contributed by atoms with Gasteiger partial charge in [-0.05, 0) is 12.8 Å². The second-order valence-electron chi connectivity index (χ2n) is 3.42. The monoisotopic (exact) mass is 290 g/mol. The Morgan fingerprint density at radius 3 is 1.59 bits per heavy atom. The van der Waals surface area contributed by atoms with E-state index in [0.717, 1.165) is 12.8 Å². The van der Waals surface area contributed by atoms with Gasteiger partial charge in [-0.3, -0.25) is 8.74 Å². The molecule has 0 fully saturated rings. The summed E-state index contributed by atoms with van der Waals surface area (Å²) in [4.78, 5) is 0. The summed E-state index contributed by atoms with van der Waals surface area (Å²) >= 11 is 0. The van der Waals surface area contributed by atoms with Crippen LogP contribution in [0.4, 0.5) is 0 Å². The van der Waals surface area contributed by atoms with E-state index < -0.39 is 20.2 Å². The van der Waals surface area contributed by atoms with Crippen molar-refractivity contribution in [1.82, 2.24) is 0 Å². The number of hydrogen-bond acceptors (Lipinski definition) is 5. The molecule has 0 aliphatic carbocycles. The molecule has 1 N–H and O–H groups in total. The van der Waals surface area contributed by atoms with Crippen LogP contribution in [0.3, 0.4) is 0 Å². The SMILES string of the molecule is CCCCS(=O)(=O)O.CCCCS(=O)(=O)OC. The Bertz CT molecular complexity index is 357. The maximum atomic E-state index is 10.5. The summed E-state index contributed by atoms with van der Waals surface area (Å²) in [7, 11) is -5.68. The smallest absolute Gasteiger partial charge is 0.267 e. The largest absolute Gasteiger partial charge is 0.286 e. The number of hydrogen-bond donors (Lipinski definition) is 1. The van der Waals surface area contributed by atoms with Crippen LogP contribution in [0.5, 0.6) is 0 Å². The molecule has 0 aromatic heterocycles. The molecular weight excluding hydrogens is 268 g/mol. The van der Waals surface area contributed by atoms with Crippen LogP contribution in [-0.2, 0) is 24.4 Å². The molecule has 6 nitrogen and oxygen atoms in total. The first-order chi connectivity index (χ1) is 7.68. The van der Waals surface area contributed by atoms with Gasteiger partial charge in [0, 0.05) is 0 Å². The molecule has 0 aromatic rings. The van der Waals surface area contributed by atoms with E-state index in [1.54, 1.807) is 0 Å².